The number of nitro groups is 1. The molecule has 1 aromatic carbocycles. The summed E-state index contributed by atoms with van der Waals surface area (Å²) < 4.78 is 0. The second kappa shape index (κ2) is 5.14. The minimum Gasteiger partial charge on any atom is -0.369 e. The molecule has 0 saturated carbocycles. The molecule has 0 radical (unpaired) electrons. The summed E-state index contributed by atoms with van der Waals surface area (Å²) in [6.45, 7) is 3.64. The molecule has 1 aromatic rings. The monoisotopic (exact) mass is 249 g/mol. The molecule has 2 rings (SSSR count). The first kappa shape index (κ1) is 12.5. The molecule has 0 aromatic heterocycles. The lowest BCUT2D eigenvalue weighted by Gasteiger charge is -2.34. The van der Waals surface area contributed by atoms with E-state index in [-0.39, 0.29) is 11.3 Å². The highest BCUT2D eigenvalue weighted by atomic mass is 16.6. The van der Waals surface area contributed by atoms with Gasteiger partial charge in [0, 0.05) is 37.9 Å². The SMILES string of the molecule is CN1CCN(c2ccc([N+](=O)[O-])c(C=O)c2)CC1. The fourth-order valence-electron chi connectivity index (χ4n) is 2.06. The standard InChI is InChI=1S/C12H15N3O3/c1-13-4-6-14(7-5-13)11-2-3-12(15(17)18)10(8-11)9-16/h2-3,8-9H,4-7H2,1H3. The summed E-state index contributed by atoms with van der Waals surface area (Å²) in [4.78, 5) is 25.5. The van der Waals surface area contributed by atoms with Crippen LogP contribution in [-0.2, 0) is 0 Å². The van der Waals surface area contributed by atoms with Crippen LogP contribution in [0.2, 0.25) is 0 Å². The highest BCUT2D eigenvalue weighted by Gasteiger charge is 2.18. The van der Waals surface area contributed by atoms with E-state index in [1.54, 1.807) is 12.1 Å². The summed E-state index contributed by atoms with van der Waals surface area (Å²) >= 11 is 0. The van der Waals surface area contributed by atoms with Gasteiger partial charge in [-0.3, -0.25) is 14.9 Å². The van der Waals surface area contributed by atoms with Crippen LogP contribution >= 0.6 is 0 Å². The number of nitro benzene ring substituents is 1. The fourth-order valence-corrected chi connectivity index (χ4v) is 2.06. The molecule has 0 atom stereocenters. The Balaban J connectivity index is 2.24. The predicted octanol–water partition coefficient (Wildman–Crippen LogP) is 1.16. The molecular formula is C12H15N3O3. The van der Waals surface area contributed by atoms with E-state index in [9.17, 15) is 14.9 Å². The maximum atomic E-state index is 10.9. The van der Waals surface area contributed by atoms with Gasteiger partial charge in [0.2, 0.25) is 0 Å². The average molecular weight is 249 g/mol. The van der Waals surface area contributed by atoms with Gasteiger partial charge in [-0.2, -0.15) is 0 Å². The molecule has 0 spiro atoms. The Hall–Kier alpha value is -1.95. The highest BCUT2D eigenvalue weighted by molar-refractivity contribution is 5.83. The van der Waals surface area contributed by atoms with Gasteiger partial charge in [0.1, 0.15) is 0 Å². The maximum absolute atomic E-state index is 10.9. The zero-order chi connectivity index (χ0) is 13.1. The van der Waals surface area contributed by atoms with Gasteiger partial charge < -0.3 is 9.80 Å². The van der Waals surface area contributed by atoms with Gasteiger partial charge in [0.05, 0.1) is 10.5 Å². The van der Waals surface area contributed by atoms with Crippen LogP contribution in [0, 0.1) is 10.1 Å². The van der Waals surface area contributed by atoms with Gasteiger partial charge in [-0.05, 0) is 19.2 Å². The van der Waals surface area contributed by atoms with Crippen LogP contribution in [0.4, 0.5) is 11.4 Å². The van der Waals surface area contributed by atoms with Crippen molar-refractivity contribution >= 4 is 17.7 Å². The third-order valence-electron chi connectivity index (χ3n) is 3.20. The summed E-state index contributed by atoms with van der Waals surface area (Å²) in [5.41, 5.74) is 0.870. The lowest BCUT2D eigenvalue weighted by molar-refractivity contribution is -0.385. The van der Waals surface area contributed by atoms with Crippen molar-refractivity contribution in [3.63, 3.8) is 0 Å². The van der Waals surface area contributed by atoms with Crippen LogP contribution in [0.1, 0.15) is 10.4 Å². The molecule has 0 amide bonds. The fraction of sp³-hybridized carbons (Fsp3) is 0.417. The van der Waals surface area contributed by atoms with Gasteiger partial charge in [-0.25, -0.2) is 0 Å². The first-order chi connectivity index (χ1) is 8.61. The molecule has 1 aliphatic rings. The molecule has 1 fully saturated rings. The van der Waals surface area contributed by atoms with Crippen LogP contribution in [0.5, 0.6) is 0 Å². The second-order valence-corrected chi connectivity index (χ2v) is 4.41. The van der Waals surface area contributed by atoms with Gasteiger partial charge in [-0.15, -0.1) is 0 Å². The normalized spacial score (nSPS) is 16.6. The van der Waals surface area contributed by atoms with E-state index in [0.29, 0.717) is 6.29 Å². The van der Waals surface area contributed by atoms with Gasteiger partial charge >= 0.3 is 0 Å². The molecule has 96 valence electrons. The molecule has 0 N–H and O–H groups in total. The average Bonchev–Trinajstić information content (AvgIpc) is 2.38. The summed E-state index contributed by atoms with van der Waals surface area (Å²) in [7, 11) is 2.06. The van der Waals surface area contributed by atoms with Crippen molar-refractivity contribution in [2.24, 2.45) is 0 Å². The van der Waals surface area contributed by atoms with Gasteiger partial charge in [0.15, 0.2) is 6.29 Å². The Morgan fingerprint density at radius 1 is 1.28 bits per heavy atom. The molecule has 0 unspecified atom stereocenters. The number of piperazine rings is 1. The number of rotatable bonds is 3. The number of nitrogens with zero attached hydrogens (tertiary/aromatic N) is 3. The van der Waals surface area contributed by atoms with Gasteiger partial charge in [0.25, 0.3) is 5.69 Å². The van der Waals surface area contributed by atoms with E-state index in [1.807, 2.05) is 0 Å². The molecule has 0 aliphatic carbocycles. The first-order valence-corrected chi connectivity index (χ1v) is 5.79. The third kappa shape index (κ3) is 2.48. The smallest absolute Gasteiger partial charge is 0.280 e. The van der Waals surface area contributed by atoms with Gasteiger partial charge in [-0.1, -0.05) is 0 Å². The number of hydrogen-bond donors (Lipinski definition) is 0. The van der Waals surface area contributed by atoms with E-state index in [2.05, 4.69) is 16.8 Å². The Morgan fingerprint density at radius 2 is 1.94 bits per heavy atom. The van der Waals surface area contributed by atoms with Crippen molar-refractivity contribution in [3.8, 4) is 0 Å². The Bertz CT molecular complexity index is 468. The topological polar surface area (TPSA) is 66.7 Å². The number of benzene rings is 1. The molecule has 1 aliphatic heterocycles. The number of hydrogen-bond acceptors (Lipinski definition) is 5. The quantitative estimate of drug-likeness (QED) is 0.457. The van der Waals surface area contributed by atoms with Crippen molar-refractivity contribution in [2.45, 2.75) is 0 Å². The van der Waals surface area contributed by atoms with Crippen LogP contribution in [-0.4, -0.2) is 49.3 Å². The van der Waals surface area contributed by atoms with E-state index in [0.717, 1.165) is 31.9 Å². The summed E-state index contributed by atoms with van der Waals surface area (Å²) in [5.74, 6) is 0. The zero-order valence-electron chi connectivity index (χ0n) is 10.2. The van der Waals surface area contributed by atoms with Crippen LogP contribution < -0.4 is 4.90 Å². The minimum atomic E-state index is -0.530. The maximum Gasteiger partial charge on any atom is 0.280 e. The summed E-state index contributed by atoms with van der Waals surface area (Å²) in [6, 6.07) is 4.70. The highest BCUT2D eigenvalue weighted by Crippen LogP contribution is 2.24. The largest absolute Gasteiger partial charge is 0.369 e. The molecule has 18 heavy (non-hydrogen) atoms. The number of likely N-dealkylation sites (N-methyl/N-ethyl adjacent to an activating group) is 1. The number of aldehydes is 1. The van der Waals surface area contributed by atoms with E-state index in [4.69, 9.17) is 0 Å². The van der Waals surface area contributed by atoms with E-state index >= 15 is 0 Å². The summed E-state index contributed by atoms with van der Waals surface area (Å²) in [5, 5.41) is 10.7. The molecule has 6 heteroatoms. The van der Waals surface area contributed by atoms with Crippen molar-refractivity contribution in [3.05, 3.63) is 33.9 Å². The summed E-state index contributed by atoms with van der Waals surface area (Å²) in [6.07, 6.45) is 0.539. The zero-order valence-corrected chi connectivity index (χ0v) is 10.2. The Kier molecular flexibility index (Phi) is 3.57. The van der Waals surface area contributed by atoms with Crippen molar-refractivity contribution in [2.75, 3.05) is 38.1 Å². The van der Waals surface area contributed by atoms with Crippen molar-refractivity contribution < 1.29 is 9.72 Å². The Morgan fingerprint density at radius 3 is 2.50 bits per heavy atom. The molecular weight excluding hydrogens is 234 g/mol. The lowest BCUT2D eigenvalue weighted by Crippen LogP contribution is -2.44. The predicted molar refractivity (Wildman–Crippen MR) is 68.2 cm³/mol. The van der Waals surface area contributed by atoms with Crippen LogP contribution in [0.3, 0.4) is 0 Å². The number of carbonyl (C=O) groups excluding carboxylic acids is 1. The molecule has 0 bridgehead atoms. The molecule has 6 nitrogen and oxygen atoms in total. The van der Waals surface area contributed by atoms with E-state index in [1.165, 1.54) is 6.07 Å². The first-order valence-electron chi connectivity index (χ1n) is 5.79. The molecule has 1 saturated heterocycles. The third-order valence-corrected chi connectivity index (χ3v) is 3.20. The number of carbonyl (C=O) groups is 1. The van der Waals surface area contributed by atoms with E-state index < -0.39 is 4.92 Å². The molecule has 1 heterocycles. The number of anilines is 1. The minimum absolute atomic E-state index is 0.136. The Labute approximate surface area is 105 Å². The van der Waals surface area contributed by atoms with Crippen molar-refractivity contribution in [1.82, 2.24) is 4.90 Å². The second-order valence-electron chi connectivity index (χ2n) is 4.41. The van der Waals surface area contributed by atoms with Crippen molar-refractivity contribution in [1.29, 1.82) is 0 Å². The van der Waals surface area contributed by atoms with Crippen LogP contribution in [0.15, 0.2) is 18.2 Å². The van der Waals surface area contributed by atoms with Crippen LogP contribution in [0.25, 0.3) is 0 Å². The lowest BCUT2D eigenvalue weighted by atomic mass is 10.1.